The van der Waals surface area contributed by atoms with E-state index in [1.54, 1.807) is 43.3 Å². The summed E-state index contributed by atoms with van der Waals surface area (Å²) in [5.74, 6) is 0.0530. The SMILES string of the molecule is CCOc1ccc(/C(O)=C2\C(=O)C(=O)N(c3cc(C)on3)C2c2cc(OC)c(OC)c(OC)c2)cc1. The number of benzene rings is 2. The molecule has 0 radical (unpaired) electrons. The lowest BCUT2D eigenvalue weighted by molar-refractivity contribution is -0.132. The number of carbonyl (C=O) groups excluding carboxylic acids is 2. The number of nitrogens with zero attached hydrogens (tertiary/aromatic N) is 2. The van der Waals surface area contributed by atoms with Crippen LogP contribution in [0.2, 0.25) is 0 Å². The summed E-state index contributed by atoms with van der Waals surface area (Å²) >= 11 is 0. The maximum atomic E-state index is 13.3. The molecule has 0 aliphatic carbocycles. The van der Waals surface area contributed by atoms with Gasteiger partial charge >= 0.3 is 5.91 Å². The molecule has 0 bridgehead atoms. The van der Waals surface area contributed by atoms with Crippen molar-refractivity contribution in [2.75, 3.05) is 32.8 Å². The number of aliphatic hydroxyl groups excluding tert-OH is 1. The summed E-state index contributed by atoms with van der Waals surface area (Å²) in [4.78, 5) is 27.8. The summed E-state index contributed by atoms with van der Waals surface area (Å²) in [5, 5.41) is 15.2. The summed E-state index contributed by atoms with van der Waals surface area (Å²) in [7, 11) is 4.38. The standard InChI is InChI=1S/C26H26N2O8/c1-6-35-17-9-7-15(8-10-17)23(29)21-22(16-12-18(32-3)25(34-5)19(13-16)33-4)28(26(31)24(21)30)20-11-14(2)36-27-20/h7-13,22,29H,6H2,1-5H3/b23-21+. The fraction of sp³-hybridized carbons (Fsp3) is 0.269. The van der Waals surface area contributed by atoms with E-state index >= 15 is 0 Å². The van der Waals surface area contributed by atoms with Crippen LogP contribution in [-0.2, 0) is 9.59 Å². The summed E-state index contributed by atoms with van der Waals surface area (Å²) in [6, 6.07) is 10.3. The minimum Gasteiger partial charge on any atom is -0.507 e. The number of hydrogen-bond acceptors (Lipinski definition) is 9. The van der Waals surface area contributed by atoms with E-state index in [0.29, 0.717) is 46.5 Å². The van der Waals surface area contributed by atoms with Gasteiger partial charge in [0.05, 0.1) is 39.6 Å². The predicted octanol–water partition coefficient (Wildman–Crippen LogP) is 4.03. The number of amides is 1. The van der Waals surface area contributed by atoms with E-state index in [2.05, 4.69) is 5.16 Å². The molecule has 2 aromatic carbocycles. The quantitative estimate of drug-likeness (QED) is 0.281. The molecule has 1 unspecified atom stereocenters. The van der Waals surface area contributed by atoms with Crippen molar-refractivity contribution in [3.8, 4) is 23.0 Å². The molecule has 1 fully saturated rings. The van der Waals surface area contributed by atoms with Crippen LogP contribution >= 0.6 is 0 Å². The number of Topliss-reactive ketones (excluding diaryl/α,β-unsaturated/α-hetero) is 1. The molecule has 1 atom stereocenters. The number of rotatable bonds is 8. The number of anilines is 1. The van der Waals surface area contributed by atoms with Crippen molar-refractivity contribution < 1.29 is 38.2 Å². The minimum absolute atomic E-state index is 0.124. The van der Waals surface area contributed by atoms with Crippen molar-refractivity contribution in [1.29, 1.82) is 0 Å². The molecule has 188 valence electrons. The Labute approximate surface area is 207 Å². The van der Waals surface area contributed by atoms with Gasteiger partial charge in [-0.1, -0.05) is 5.16 Å². The molecule has 4 rings (SSSR count). The molecule has 0 saturated carbocycles. The van der Waals surface area contributed by atoms with Gasteiger partial charge in [-0.15, -0.1) is 0 Å². The molecule has 1 aliphatic heterocycles. The minimum atomic E-state index is -1.06. The van der Waals surface area contributed by atoms with Crippen molar-refractivity contribution in [2.45, 2.75) is 19.9 Å². The Hall–Kier alpha value is -4.47. The fourth-order valence-corrected chi connectivity index (χ4v) is 4.14. The van der Waals surface area contributed by atoms with Crippen molar-refractivity contribution in [3.63, 3.8) is 0 Å². The fourth-order valence-electron chi connectivity index (χ4n) is 4.14. The first kappa shape index (κ1) is 24.6. The van der Waals surface area contributed by atoms with Crippen LogP contribution in [-0.4, -0.2) is 49.9 Å². The predicted molar refractivity (Wildman–Crippen MR) is 130 cm³/mol. The van der Waals surface area contributed by atoms with E-state index in [1.165, 1.54) is 32.3 Å². The molecule has 0 spiro atoms. The molecule has 1 amide bonds. The Morgan fingerprint density at radius 2 is 1.67 bits per heavy atom. The third-order valence-electron chi connectivity index (χ3n) is 5.75. The molecule has 1 aromatic heterocycles. The summed E-state index contributed by atoms with van der Waals surface area (Å²) < 4.78 is 27.0. The Balaban J connectivity index is 1.96. The molecule has 2 heterocycles. The van der Waals surface area contributed by atoms with Crippen molar-refractivity contribution in [2.24, 2.45) is 0 Å². The second-order valence-electron chi connectivity index (χ2n) is 7.88. The normalized spacial score (nSPS) is 16.8. The highest BCUT2D eigenvalue weighted by Gasteiger charge is 2.48. The van der Waals surface area contributed by atoms with Crippen molar-refractivity contribution in [1.82, 2.24) is 5.16 Å². The summed E-state index contributed by atoms with van der Waals surface area (Å²) in [5.41, 5.74) is 0.640. The zero-order valence-electron chi connectivity index (χ0n) is 20.5. The highest BCUT2D eigenvalue weighted by Crippen LogP contribution is 2.47. The van der Waals surface area contributed by atoms with Crippen LogP contribution in [0.25, 0.3) is 5.76 Å². The summed E-state index contributed by atoms with van der Waals surface area (Å²) in [6.45, 7) is 4.01. The van der Waals surface area contributed by atoms with Gasteiger partial charge in [-0.2, -0.15) is 0 Å². The molecule has 10 nitrogen and oxygen atoms in total. The topological polar surface area (TPSA) is 121 Å². The van der Waals surface area contributed by atoms with Crippen molar-refractivity contribution >= 4 is 23.3 Å². The Morgan fingerprint density at radius 3 is 2.17 bits per heavy atom. The second-order valence-corrected chi connectivity index (χ2v) is 7.88. The second kappa shape index (κ2) is 10.0. The Kier molecular flexibility index (Phi) is 6.86. The highest BCUT2D eigenvalue weighted by molar-refractivity contribution is 6.51. The number of carbonyl (C=O) groups is 2. The number of aromatic nitrogens is 1. The van der Waals surface area contributed by atoms with E-state index in [-0.39, 0.29) is 17.2 Å². The van der Waals surface area contributed by atoms with Gasteiger partial charge in [0.2, 0.25) is 5.75 Å². The molecule has 1 N–H and O–H groups in total. The maximum Gasteiger partial charge on any atom is 0.301 e. The van der Waals surface area contributed by atoms with Crippen LogP contribution in [0.5, 0.6) is 23.0 Å². The van der Waals surface area contributed by atoms with Crippen molar-refractivity contribution in [3.05, 3.63) is 64.9 Å². The largest absolute Gasteiger partial charge is 0.507 e. The molecular formula is C26H26N2O8. The van der Waals surface area contributed by atoms with E-state index in [0.717, 1.165) is 0 Å². The van der Waals surface area contributed by atoms with E-state index < -0.39 is 17.7 Å². The number of aliphatic hydroxyl groups is 1. The van der Waals surface area contributed by atoms with Crippen LogP contribution in [0, 0.1) is 6.92 Å². The number of ether oxygens (including phenoxy) is 4. The first-order chi connectivity index (χ1) is 17.3. The Bertz CT molecular complexity index is 1300. The van der Waals surface area contributed by atoms with E-state index in [9.17, 15) is 14.7 Å². The van der Waals surface area contributed by atoms with Gasteiger partial charge in [0, 0.05) is 11.6 Å². The first-order valence-electron chi connectivity index (χ1n) is 11.1. The zero-order chi connectivity index (χ0) is 26.0. The molecule has 36 heavy (non-hydrogen) atoms. The average Bonchev–Trinajstić information content (AvgIpc) is 3.43. The van der Waals surface area contributed by atoms with E-state index in [1.807, 2.05) is 6.92 Å². The van der Waals surface area contributed by atoms with Crippen LogP contribution in [0.3, 0.4) is 0 Å². The molecule has 1 saturated heterocycles. The number of hydrogen-bond donors (Lipinski definition) is 1. The highest BCUT2D eigenvalue weighted by atomic mass is 16.5. The smallest absolute Gasteiger partial charge is 0.301 e. The van der Waals surface area contributed by atoms with Gasteiger partial charge < -0.3 is 28.6 Å². The number of aryl methyl sites for hydroxylation is 1. The van der Waals surface area contributed by atoms with Crippen LogP contribution in [0.1, 0.15) is 29.9 Å². The van der Waals surface area contributed by atoms with Gasteiger partial charge in [-0.25, -0.2) is 0 Å². The molecule has 3 aromatic rings. The van der Waals surface area contributed by atoms with Gasteiger partial charge in [0.15, 0.2) is 17.3 Å². The van der Waals surface area contributed by atoms with Gasteiger partial charge in [0.1, 0.15) is 17.3 Å². The first-order valence-corrected chi connectivity index (χ1v) is 11.1. The van der Waals surface area contributed by atoms with Gasteiger partial charge in [-0.05, 0) is 55.8 Å². The lowest BCUT2D eigenvalue weighted by atomic mass is 9.94. The van der Waals surface area contributed by atoms with E-state index in [4.69, 9.17) is 23.5 Å². The lowest BCUT2D eigenvalue weighted by Gasteiger charge is -2.24. The van der Waals surface area contributed by atoms with Gasteiger partial charge in [0.25, 0.3) is 5.78 Å². The third kappa shape index (κ3) is 4.21. The third-order valence-corrected chi connectivity index (χ3v) is 5.75. The molecule has 10 heteroatoms. The number of methoxy groups -OCH3 is 3. The molecular weight excluding hydrogens is 468 g/mol. The average molecular weight is 495 g/mol. The zero-order valence-corrected chi connectivity index (χ0v) is 20.5. The Morgan fingerprint density at radius 1 is 1.03 bits per heavy atom. The monoisotopic (exact) mass is 494 g/mol. The lowest BCUT2D eigenvalue weighted by Crippen LogP contribution is -2.29. The van der Waals surface area contributed by atoms with Crippen LogP contribution in [0.4, 0.5) is 5.82 Å². The number of ketones is 1. The maximum absolute atomic E-state index is 13.3. The van der Waals surface area contributed by atoms with Crippen LogP contribution < -0.4 is 23.8 Å². The van der Waals surface area contributed by atoms with Gasteiger partial charge in [-0.3, -0.25) is 14.5 Å². The van der Waals surface area contributed by atoms with Crippen LogP contribution in [0.15, 0.2) is 52.6 Å². The molecule has 1 aliphatic rings. The summed E-state index contributed by atoms with van der Waals surface area (Å²) in [6.07, 6.45) is 0.